The second-order valence-corrected chi connectivity index (χ2v) is 6.51. The number of hydrogen-bond donors (Lipinski definition) is 2. The summed E-state index contributed by atoms with van der Waals surface area (Å²) in [4.78, 5) is 24.0. The highest BCUT2D eigenvalue weighted by Gasteiger charge is 2.19. The molecule has 2 rings (SSSR count). The number of rotatable bonds is 6. The lowest BCUT2D eigenvalue weighted by molar-refractivity contribution is -0.123. The molecule has 0 aliphatic heterocycles. The molecule has 0 aliphatic carbocycles. The van der Waals surface area contributed by atoms with E-state index in [4.69, 9.17) is 0 Å². The van der Waals surface area contributed by atoms with Gasteiger partial charge in [-0.1, -0.05) is 54.1 Å². The SMILES string of the molecule is CC(=O)N[C@H](CC(=O)N[C@@H](C)c1ccccc1C)c1ccc(C)cc1. The van der Waals surface area contributed by atoms with Crippen LogP contribution in [0.3, 0.4) is 0 Å². The van der Waals surface area contributed by atoms with E-state index < -0.39 is 0 Å². The van der Waals surface area contributed by atoms with Crippen molar-refractivity contribution in [1.82, 2.24) is 10.6 Å². The number of aryl methyl sites for hydroxylation is 2. The van der Waals surface area contributed by atoms with Crippen LogP contribution in [0.1, 0.15) is 54.6 Å². The van der Waals surface area contributed by atoms with E-state index in [1.54, 1.807) is 0 Å². The van der Waals surface area contributed by atoms with Crippen molar-refractivity contribution in [2.24, 2.45) is 0 Å². The third-order valence-corrected chi connectivity index (χ3v) is 4.28. The van der Waals surface area contributed by atoms with Crippen molar-refractivity contribution >= 4 is 11.8 Å². The number of nitrogens with one attached hydrogen (secondary N) is 2. The molecular formula is C21H26N2O2. The zero-order valence-electron chi connectivity index (χ0n) is 15.3. The van der Waals surface area contributed by atoms with Crippen LogP contribution in [0.15, 0.2) is 48.5 Å². The molecule has 0 radical (unpaired) electrons. The third-order valence-electron chi connectivity index (χ3n) is 4.28. The number of carbonyl (C=O) groups is 2. The Bertz CT molecular complexity index is 738. The molecule has 0 aliphatic rings. The van der Waals surface area contributed by atoms with Crippen molar-refractivity contribution in [3.05, 3.63) is 70.8 Å². The van der Waals surface area contributed by atoms with Gasteiger partial charge in [0.2, 0.25) is 11.8 Å². The average molecular weight is 338 g/mol. The molecule has 25 heavy (non-hydrogen) atoms. The molecule has 2 aromatic carbocycles. The topological polar surface area (TPSA) is 58.2 Å². The summed E-state index contributed by atoms with van der Waals surface area (Å²) in [6, 6.07) is 15.5. The molecule has 132 valence electrons. The first kappa shape index (κ1) is 18.7. The van der Waals surface area contributed by atoms with Gasteiger partial charge in [-0.15, -0.1) is 0 Å². The molecule has 2 aromatic rings. The van der Waals surface area contributed by atoms with Gasteiger partial charge in [-0.2, -0.15) is 0 Å². The molecule has 0 saturated carbocycles. The van der Waals surface area contributed by atoms with Crippen molar-refractivity contribution in [3.63, 3.8) is 0 Å². The fraction of sp³-hybridized carbons (Fsp3) is 0.333. The van der Waals surface area contributed by atoms with Gasteiger partial charge in [-0.3, -0.25) is 9.59 Å². The Labute approximate surface area is 149 Å². The van der Waals surface area contributed by atoms with Crippen LogP contribution in [-0.2, 0) is 9.59 Å². The number of benzene rings is 2. The Kier molecular flexibility index (Phi) is 6.34. The average Bonchev–Trinajstić information content (AvgIpc) is 2.54. The van der Waals surface area contributed by atoms with E-state index in [9.17, 15) is 9.59 Å². The molecule has 0 spiro atoms. The van der Waals surface area contributed by atoms with E-state index in [1.165, 1.54) is 6.92 Å². The normalized spacial score (nSPS) is 13.0. The summed E-state index contributed by atoms with van der Waals surface area (Å²) in [6.07, 6.45) is 0.207. The fourth-order valence-electron chi connectivity index (χ4n) is 2.93. The van der Waals surface area contributed by atoms with Crippen molar-refractivity contribution in [2.75, 3.05) is 0 Å². The Hall–Kier alpha value is -2.62. The van der Waals surface area contributed by atoms with E-state index in [0.29, 0.717) is 0 Å². The Morgan fingerprint density at radius 3 is 2.20 bits per heavy atom. The molecule has 4 heteroatoms. The molecule has 2 amide bonds. The molecule has 0 saturated heterocycles. The van der Waals surface area contributed by atoms with Gasteiger partial charge in [0.25, 0.3) is 0 Å². The minimum Gasteiger partial charge on any atom is -0.349 e. The van der Waals surface area contributed by atoms with E-state index in [-0.39, 0.29) is 30.3 Å². The quantitative estimate of drug-likeness (QED) is 0.843. The maximum absolute atomic E-state index is 12.5. The zero-order valence-corrected chi connectivity index (χ0v) is 15.3. The van der Waals surface area contributed by atoms with Crippen molar-refractivity contribution in [1.29, 1.82) is 0 Å². The highest BCUT2D eigenvalue weighted by molar-refractivity contribution is 5.79. The standard InChI is InChI=1S/C21H26N2O2/c1-14-9-11-18(12-10-14)20(23-17(4)24)13-21(25)22-16(3)19-8-6-5-7-15(19)2/h5-12,16,20H,13H2,1-4H3,(H,22,25)(H,23,24)/t16-,20+/m0/s1. The minimum absolute atomic E-state index is 0.0790. The molecule has 0 bridgehead atoms. The van der Waals surface area contributed by atoms with Crippen LogP contribution in [0.25, 0.3) is 0 Å². The molecule has 0 unspecified atom stereocenters. The maximum atomic E-state index is 12.5. The van der Waals surface area contributed by atoms with E-state index in [0.717, 1.165) is 22.3 Å². The van der Waals surface area contributed by atoms with Crippen LogP contribution >= 0.6 is 0 Å². The summed E-state index contributed by atoms with van der Waals surface area (Å²) >= 11 is 0. The molecule has 2 atom stereocenters. The first-order chi connectivity index (χ1) is 11.9. The molecule has 0 aromatic heterocycles. The minimum atomic E-state index is -0.331. The summed E-state index contributed by atoms with van der Waals surface area (Å²) in [5.74, 6) is -0.236. The lowest BCUT2D eigenvalue weighted by Gasteiger charge is -2.21. The van der Waals surface area contributed by atoms with E-state index >= 15 is 0 Å². The Morgan fingerprint density at radius 2 is 1.60 bits per heavy atom. The second-order valence-electron chi connectivity index (χ2n) is 6.51. The largest absolute Gasteiger partial charge is 0.349 e. The lowest BCUT2D eigenvalue weighted by atomic mass is 10.00. The zero-order chi connectivity index (χ0) is 18.4. The van der Waals surface area contributed by atoms with Crippen molar-refractivity contribution in [3.8, 4) is 0 Å². The van der Waals surface area contributed by atoms with Crippen LogP contribution in [0.2, 0.25) is 0 Å². The summed E-state index contributed by atoms with van der Waals surface area (Å²) in [7, 11) is 0. The Morgan fingerprint density at radius 1 is 0.960 bits per heavy atom. The number of carbonyl (C=O) groups excluding carboxylic acids is 2. The highest BCUT2D eigenvalue weighted by Crippen LogP contribution is 2.20. The van der Waals surface area contributed by atoms with Gasteiger partial charge >= 0.3 is 0 Å². The smallest absolute Gasteiger partial charge is 0.222 e. The van der Waals surface area contributed by atoms with Crippen LogP contribution in [0, 0.1) is 13.8 Å². The number of amides is 2. The van der Waals surface area contributed by atoms with Gasteiger partial charge in [0.15, 0.2) is 0 Å². The van der Waals surface area contributed by atoms with Crippen molar-refractivity contribution < 1.29 is 9.59 Å². The first-order valence-corrected chi connectivity index (χ1v) is 8.55. The molecule has 4 nitrogen and oxygen atoms in total. The summed E-state index contributed by atoms with van der Waals surface area (Å²) in [5.41, 5.74) is 4.32. The summed E-state index contributed by atoms with van der Waals surface area (Å²) in [5, 5.41) is 5.90. The molecule has 2 N–H and O–H groups in total. The summed E-state index contributed by atoms with van der Waals surface area (Å²) < 4.78 is 0. The van der Waals surface area contributed by atoms with Crippen LogP contribution in [0.4, 0.5) is 0 Å². The summed E-state index contributed by atoms with van der Waals surface area (Å²) in [6.45, 7) is 7.48. The van der Waals surface area contributed by atoms with Gasteiger partial charge in [0, 0.05) is 6.92 Å². The van der Waals surface area contributed by atoms with E-state index in [2.05, 4.69) is 10.6 Å². The van der Waals surface area contributed by atoms with Gasteiger partial charge in [0.1, 0.15) is 0 Å². The van der Waals surface area contributed by atoms with E-state index in [1.807, 2.05) is 69.3 Å². The molecule has 0 heterocycles. The monoisotopic (exact) mass is 338 g/mol. The van der Waals surface area contributed by atoms with Crippen molar-refractivity contribution in [2.45, 2.75) is 46.2 Å². The first-order valence-electron chi connectivity index (χ1n) is 8.55. The predicted octanol–water partition coefficient (Wildman–Crippen LogP) is 3.75. The van der Waals surface area contributed by atoms with Crippen LogP contribution in [0.5, 0.6) is 0 Å². The van der Waals surface area contributed by atoms with Gasteiger partial charge < -0.3 is 10.6 Å². The maximum Gasteiger partial charge on any atom is 0.222 e. The molecule has 0 fully saturated rings. The van der Waals surface area contributed by atoms with Crippen LogP contribution in [-0.4, -0.2) is 11.8 Å². The fourth-order valence-corrected chi connectivity index (χ4v) is 2.93. The second kappa shape index (κ2) is 8.47. The van der Waals surface area contributed by atoms with Gasteiger partial charge in [0.05, 0.1) is 18.5 Å². The Balaban J connectivity index is 2.07. The van der Waals surface area contributed by atoms with Gasteiger partial charge in [-0.25, -0.2) is 0 Å². The lowest BCUT2D eigenvalue weighted by Crippen LogP contribution is -2.33. The third kappa shape index (κ3) is 5.45. The molecular weight excluding hydrogens is 312 g/mol. The predicted molar refractivity (Wildman–Crippen MR) is 100 cm³/mol. The van der Waals surface area contributed by atoms with Crippen LogP contribution < -0.4 is 10.6 Å². The number of hydrogen-bond acceptors (Lipinski definition) is 2. The van der Waals surface area contributed by atoms with Gasteiger partial charge in [-0.05, 0) is 37.5 Å². The highest BCUT2D eigenvalue weighted by atomic mass is 16.2.